The fourth-order valence-electron chi connectivity index (χ4n) is 4.00. The molecule has 2 aliphatic rings. The molecule has 2 unspecified atom stereocenters. The van der Waals surface area contributed by atoms with Gasteiger partial charge in [-0.3, -0.25) is 9.10 Å². The number of likely N-dealkylation sites (N-methyl/N-ethyl adjacent to an activating group) is 1. The number of hydrogen-bond acceptors (Lipinski definition) is 5. The first-order chi connectivity index (χ1) is 13.7. The number of carbonyl (C=O) groups excluding carboxylic acids is 1. The zero-order valence-electron chi connectivity index (χ0n) is 16.7. The zero-order chi connectivity index (χ0) is 20.8. The van der Waals surface area contributed by atoms with Gasteiger partial charge in [-0.15, -0.1) is 0 Å². The number of rotatable bonds is 4. The molecule has 2 aliphatic heterocycles. The van der Waals surface area contributed by atoms with Crippen molar-refractivity contribution in [3.05, 3.63) is 53.6 Å². The average molecular weight is 416 g/mol. The van der Waals surface area contributed by atoms with Gasteiger partial charge in [0.15, 0.2) is 17.6 Å². The van der Waals surface area contributed by atoms with Crippen molar-refractivity contribution in [1.82, 2.24) is 4.90 Å². The molecule has 0 saturated carbocycles. The number of carbonyl (C=O) groups is 1. The third-order valence-electron chi connectivity index (χ3n) is 5.23. The maximum atomic E-state index is 12.9. The fourth-order valence-corrected chi connectivity index (χ4v) is 5.27. The number of ether oxygens (including phenoxy) is 2. The van der Waals surface area contributed by atoms with E-state index >= 15 is 0 Å². The van der Waals surface area contributed by atoms with Crippen LogP contribution in [0.5, 0.6) is 11.5 Å². The maximum absolute atomic E-state index is 12.9. The Balaban J connectivity index is 1.47. The second kappa shape index (κ2) is 7.26. The molecule has 0 saturated heterocycles. The second-order valence-corrected chi connectivity index (χ2v) is 9.50. The standard InChI is InChI=1S/C21H24N2O5S/c1-14-10-16-11-15(8-9-18(16)23(14)29(3,25)26)21(24)22(2)12-17-13-27-19-6-4-5-7-20(19)28-17/h4-9,11,14,17H,10,12-13H2,1-3H3. The lowest BCUT2D eigenvalue weighted by Gasteiger charge is -2.29. The number of fused-ring (bicyclic) bond motifs is 2. The quantitative estimate of drug-likeness (QED) is 0.765. The molecule has 2 aromatic carbocycles. The molecule has 0 radical (unpaired) electrons. The Labute approximate surface area is 170 Å². The summed E-state index contributed by atoms with van der Waals surface area (Å²) in [5.41, 5.74) is 2.05. The molecule has 7 nitrogen and oxygen atoms in total. The Morgan fingerprint density at radius 1 is 1.21 bits per heavy atom. The Morgan fingerprint density at radius 2 is 1.93 bits per heavy atom. The molecule has 0 N–H and O–H groups in total. The van der Waals surface area contributed by atoms with E-state index in [4.69, 9.17) is 9.47 Å². The van der Waals surface area contributed by atoms with Crippen molar-refractivity contribution in [2.24, 2.45) is 0 Å². The van der Waals surface area contributed by atoms with Gasteiger partial charge in [-0.25, -0.2) is 8.42 Å². The third kappa shape index (κ3) is 3.76. The van der Waals surface area contributed by atoms with Crippen LogP contribution in [0, 0.1) is 0 Å². The maximum Gasteiger partial charge on any atom is 0.253 e. The normalized spacial score (nSPS) is 20.3. The number of hydrogen-bond donors (Lipinski definition) is 0. The van der Waals surface area contributed by atoms with Crippen LogP contribution in [0.1, 0.15) is 22.8 Å². The van der Waals surface area contributed by atoms with Crippen molar-refractivity contribution >= 4 is 21.6 Å². The smallest absolute Gasteiger partial charge is 0.253 e. The van der Waals surface area contributed by atoms with Gasteiger partial charge in [-0.1, -0.05) is 12.1 Å². The van der Waals surface area contributed by atoms with E-state index in [1.54, 1.807) is 30.1 Å². The van der Waals surface area contributed by atoms with Crippen LogP contribution >= 0.6 is 0 Å². The van der Waals surface area contributed by atoms with E-state index in [0.29, 0.717) is 42.3 Å². The van der Waals surface area contributed by atoms with Gasteiger partial charge in [-0.2, -0.15) is 0 Å². The summed E-state index contributed by atoms with van der Waals surface area (Å²) in [5.74, 6) is 1.25. The molecule has 8 heteroatoms. The van der Waals surface area contributed by atoms with Crippen molar-refractivity contribution in [3.63, 3.8) is 0 Å². The molecule has 2 atom stereocenters. The van der Waals surface area contributed by atoms with Crippen LogP contribution in [-0.2, 0) is 16.4 Å². The number of amides is 1. The van der Waals surface area contributed by atoms with E-state index in [-0.39, 0.29) is 18.1 Å². The number of nitrogens with zero attached hydrogens (tertiary/aromatic N) is 2. The summed E-state index contributed by atoms with van der Waals surface area (Å²) in [7, 11) is -1.62. The molecule has 29 heavy (non-hydrogen) atoms. The van der Waals surface area contributed by atoms with E-state index in [2.05, 4.69) is 0 Å². The van der Waals surface area contributed by atoms with Crippen molar-refractivity contribution in [1.29, 1.82) is 0 Å². The second-order valence-electron chi connectivity index (χ2n) is 7.64. The van der Waals surface area contributed by atoms with Gasteiger partial charge in [0.1, 0.15) is 6.61 Å². The van der Waals surface area contributed by atoms with Crippen LogP contribution in [0.25, 0.3) is 0 Å². The van der Waals surface area contributed by atoms with Crippen LogP contribution in [0.4, 0.5) is 5.69 Å². The van der Waals surface area contributed by atoms with E-state index in [1.807, 2.05) is 31.2 Å². The summed E-state index contributed by atoms with van der Waals surface area (Å²) in [5, 5.41) is 0. The summed E-state index contributed by atoms with van der Waals surface area (Å²) in [6.45, 7) is 2.63. The molecule has 0 spiro atoms. The average Bonchev–Trinajstić information content (AvgIpc) is 3.02. The molecule has 2 aromatic rings. The number of sulfonamides is 1. The lowest BCUT2D eigenvalue weighted by molar-refractivity contribution is 0.0521. The molecule has 0 bridgehead atoms. The Bertz CT molecular complexity index is 1050. The summed E-state index contributed by atoms with van der Waals surface area (Å²) in [6.07, 6.45) is 1.54. The minimum absolute atomic E-state index is 0.138. The van der Waals surface area contributed by atoms with Gasteiger partial charge in [0.25, 0.3) is 5.91 Å². The molecular weight excluding hydrogens is 392 g/mol. The Hall–Kier alpha value is -2.74. The zero-order valence-corrected chi connectivity index (χ0v) is 17.5. The predicted octanol–water partition coefficient (Wildman–Crippen LogP) is 2.31. The predicted molar refractivity (Wildman–Crippen MR) is 110 cm³/mol. The van der Waals surface area contributed by atoms with Crippen molar-refractivity contribution in [2.45, 2.75) is 25.5 Å². The summed E-state index contributed by atoms with van der Waals surface area (Å²) in [6, 6.07) is 12.5. The molecule has 154 valence electrons. The molecule has 2 heterocycles. The van der Waals surface area contributed by atoms with Gasteiger partial charge in [-0.05, 0) is 49.2 Å². The number of para-hydroxylation sites is 2. The highest BCUT2D eigenvalue weighted by molar-refractivity contribution is 7.92. The third-order valence-corrected chi connectivity index (χ3v) is 6.50. The van der Waals surface area contributed by atoms with E-state index < -0.39 is 10.0 Å². The first-order valence-corrected chi connectivity index (χ1v) is 11.3. The lowest BCUT2D eigenvalue weighted by atomic mass is 10.1. The largest absolute Gasteiger partial charge is 0.486 e. The monoisotopic (exact) mass is 416 g/mol. The Morgan fingerprint density at radius 3 is 2.66 bits per heavy atom. The molecule has 0 aliphatic carbocycles. The van der Waals surface area contributed by atoms with Crippen LogP contribution in [-0.4, -0.2) is 57.8 Å². The van der Waals surface area contributed by atoms with E-state index in [1.165, 1.54) is 10.6 Å². The van der Waals surface area contributed by atoms with E-state index in [9.17, 15) is 13.2 Å². The molecule has 0 aromatic heterocycles. The lowest BCUT2D eigenvalue weighted by Crippen LogP contribution is -2.41. The van der Waals surface area contributed by atoms with Crippen LogP contribution in [0.3, 0.4) is 0 Å². The van der Waals surface area contributed by atoms with Gasteiger partial charge in [0.05, 0.1) is 18.5 Å². The topological polar surface area (TPSA) is 76.2 Å². The molecule has 0 fully saturated rings. The first kappa shape index (κ1) is 19.6. The van der Waals surface area contributed by atoms with Crippen molar-refractivity contribution in [2.75, 3.05) is 30.8 Å². The Kier molecular flexibility index (Phi) is 4.90. The van der Waals surface area contributed by atoms with Gasteiger partial charge in [0, 0.05) is 18.7 Å². The van der Waals surface area contributed by atoms with Gasteiger partial charge < -0.3 is 14.4 Å². The summed E-state index contributed by atoms with van der Waals surface area (Å²) < 4.78 is 37.2. The fraction of sp³-hybridized carbons (Fsp3) is 0.381. The minimum Gasteiger partial charge on any atom is -0.486 e. The van der Waals surface area contributed by atoms with Crippen LogP contribution in [0.15, 0.2) is 42.5 Å². The highest BCUT2D eigenvalue weighted by atomic mass is 32.2. The molecule has 4 rings (SSSR count). The summed E-state index contributed by atoms with van der Waals surface area (Å²) in [4.78, 5) is 14.5. The van der Waals surface area contributed by atoms with Gasteiger partial charge in [0.2, 0.25) is 10.0 Å². The summed E-state index contributed by atoms with van der Waals surface area (Å²) >= 11 is 0. The number of benzene rings is 2. The highest BCUT2D eigenvalue weighted by Crippen LogP contribution is 2.35. The first-order valence-electron chi connectivity index (χ1n) is 9.50. The molecular formula is C21H24N2O5S. The number of anilines is 1. The van der Waals surface area contributed by atoms with Crippen molar-refractivity contribution in [3.8, 4) is 11.5 Å². The minimum atomic E-state index is -3.35. The van der Waals surface area contributed by atoms with Crippen LogP contribution in [0.2, 0.25) is 0 Å². The van der Waals surface area contributed by atoms with Crippen LogP contribution < -0.4 is 13.8 Å². The SMILES string of the molecule is CC1Cc2cc(C(=O)N(C)CC3COc4ccccc4O3)ccc2N1S(C)(=O)=O. The molecule has 1 amide bonds. The van der Waals surface area contributed by atoms with E-state index in [0.717, 1.165) is 5.56 Å². The van der Waals surface area contributed by atoms with Crippen molar-refractivity contribution < 1.29 is 22.7 Å². The van der Waals surface area contributed by atoms with Gasteiger partial charge >= 0.3 is 0 Å². The highest BCUT2D eigenvalue weighted by Gasteiger charge is 2.33.